The first-order chi connectivity index (χ1) is 17.3. The molecule has 6 rings (SSSR count). The molecule has 1 aliphatic carbocycles. The molecule has 0 bridgehead atoms. The van der Waals surface area contributed by atoms with Crippen molar-refractivity contribution < 1.29 is 18.7 Å². The molecule has 1 aromatic carbocycles. The number of anilines is 3. The number of hydrogen-bond acceptors (Lipinski definition) is 8. The number of benzene rings is 1. The Morgan fingerprint density at radius 1 is 1.25 bits per heavy atom. The van der Waals surface area contributed by atoms with E-state index in [1.54, 1.807) is 18.3 Å². The molecule has 3 aromatic rings. The predicted molar refractivity (Wildman–Crippen MR) is 136 cm³/mol. The smallest absolute Gasteiger partial charge is 0.413 e. The van der Waals surface area contributed by atoms with Crippen molar-refractivity contribution in [2.45, 2.75) is 32.9 Å². The van der Waals surface area contributed by atoms with Crippen LogP contribution >= 0.6 is 0 Å². The number of fused-ring (bicyclic) bond motifs is 3. The van der Waals surface area contributed by atoms with E-state index in [0.29, 0.717) is 64.6 Å². The normalized spacial score (nSPS) is 22.5. The van der Waals surface area contributed by atoms with Crippen molar-refractivity contribution in [1.82, 2.24) is 14.9 Å². The topological polar surface area (TPSA) is 115 Å². The van der Waals surface area contributed by atoms with Gasteiger partial charge in [0.05, 0.1) is 5.69 Å². The van der Waals surface area contributed by atoms with Crippen LogP contribution in [0.25, 0.3) is 21.9 Å². The summed E-state index contributed by atoms with van der Waals surface area (Å²) in [5, 5.41) is 7.09. The molecule has 9 nitrogen and oxygen atoms in total. The number of nitrogens with zero attached hydrogens (tertiary/aromatic N) is 3. The Labute approximate surface area is 208 Å². The summed E-state index contributed by atoms with van der Waals surface area (Å²) in [7, 11) is 0. The summed E-state index contributed by atoms with van der Waals surface area (Å²) in [4.78, 5) is 23.6. The van der Waals surface area contributed by atoms with Gasteiger partial charge in [-0.3, -0.25) is 5.32 Å². The number of halogens is 1. The lowest BCUT2D eigenvalue weighted by molar-refractivity contribution is 0.121. The minimum absolute atomic E-state index is 0.00836. The average molecular weight is 493 g/mol. The fraction of sp³-hybridized carbons (Fsp3) is 0.423. The van der Waals surface area contributed by atoms with Gasteiger partial charge in [0.25, 0.3) is 0 Å². The number of nitrogens with two attached hydrogens (primary N) is 1. The SMILES string of the molecule is Cc1c(-c2cc3cc(NC(=O)O[C@H]4[C@@H]5CN(C(C)C)C[C@@H]54)ncc3c(N)c2F)cnc2c1NCCO2. The van der Waals surface area contributed by atoms with Gasteiger partial charge in [-0.2, -0.15) is 0 Å². The fourth-order valence-corrected chi connectivity index (χ4v) is 5.41. The van der Waals surface area contributed by atoms with Crippen LogP contribution in [-0.2, 0) is 4.74 Å². The van der Waals surface area contributed by atoms with Gasteiger partial charge in [0.2, 0.25) is 5.88 Å². The molecule has 1 amide bonds. The maximum absolute atomic E-state index is 15.4. The second-order valence-electron chi connectivity index (χ2n) is 10.1. The van der Waals surface area contributed by atoms with E-state index in [-0.39, 0.29) is 11.8 Å². The molecule has 2 aromatic heterocycles. The molecule has 1 saturated carbocycles. The first-order valence-corrected chi connectivity index (χ1v) is 12.3. The maximum Gasteiger partial charge on any atom is 0.413 e. The van der Waals surface area contributed by atoms with Crippen LogP contribution in [-0.4, -0.2) is 59.3 Å². The summed E-state index contributed by atoms with van der Waals surface area (Å²) >= 11 is 0. The maximum atomic E-state index is 15.4. The van der Waals surface area contributed by atoms with Gasteiger partial charge in [-0.25, -0.2) is 19.2 Å². The van der Waals surface area contributed by atoms with Crippen molar-refractivity contribution in [3.63, 3.8) is 0 Å². The molecule has 4 heterocycles. The molecule has 2 fully saturated rings. The monoisotopic (exact) mass is 492 g/mol. The summed E-state index contributed by atoms with van der Waals surface area (Å²) in [6.45, 7) is 9.34. The quantitative estimate of drug-likeness (QED) is 0.468. The van der Waals surface area contributed by atoms with Crippen molar-refractivity contribution in [2.75, 3.05) is 42.6 Å². The van der Waals surface area contributed by atoms with E-state index >= 15 is 4.39 Å². The average Bonchev–Trinajstić information content (AvgIpc) is 3.28. The van der Waals surface area contributed by atoms with Crippen LogP contribution in [0.3, 0.4) is 0 Å². The third kappa shape index (κ3) is 3.76. The number of carbonyl (C=O) groups is 1. The number of nitrogens with one attached hydrogen (secondary N) is 2. The Balaban J connectivity index is 1.24. The molecule has 0 unspecified atom stereocenters. The Bertz CT molecular complexity index is 1370. The Morgan fingerprint density at radius 3 is 2.78 bits per heavy atom. The molecule has 4 N–H and O–H groups in total. The molecule has 0 spiro atoms. The van der Waals surface area contributed by atoms with Crippen LogP contribution < -0.4 is 21.1 Å². The zero-order valence-corrected chi connectivity index (χ0v) is 20.5. The number of rotatable bonds is 4. The summed E-state index contributed by atoms with van der Waals surface area (Å²) in [6.07, 6.45) is 2.48. The highest BCUT2D eigenvalue weighted by molar-refractivity contribution is 5.99. The van der Waals surface area contributed by atoms with Gasteiger partial charge in [-0.1, -0.05) is 0 Å². The van der Waals surface area contributed by atoms with E-state index in [4.69, 9.17) is 15.2 Å². The lowest BCUT2D eigenvalue weighted by Gasteiger charge is -2.23. The largest absolute Gasteiger partial charge is 0.474 e. The Morgan fingerprint density at radius 2 is 2.03 bits per heavy atom. The van der Waals surface area contributed by atoms with E-state index < -0.39 is 11.9 Å². The summed E-state index contributed by atoms with van der Waals surface area (Å²) in [5.74, 6) is 1.08. The second-order valence-corrected chi connectivity index (χ2v) is 10.1. The van der Waals surface area contributed by atoms with E-state index in [2.05, 4.69) is 39.3 Å². The van der Waals surface area contributed by atoms with Crippen LogP contribution in [0.5, 0.6) is 5.88 Å². The van der Waals surface area contributed by atoms with Crippen molar-refractivity contribution in [1.29, 1.82) is 0 Å². The minimum atomic E-state index is -0.540. The highest BCUT2D eigenvalue weighted by atomic mass is 19.1. The van der Waals surface area contributed by atoms with Crippen LogP contribution in [0, 0.1) is 24.6 Å². The number of aromatic nitrogens is 2. The van der Waals surface area contributed by atoms with Crippen LogP contribution in [0.15, 0.2) is 24.5 Å². The van der Waals surface area contributed by atoms with Gasteiger partial charge >= 0.3 is 6.09 Å². The number of carbonyl (C=O) groups excluding carboxylic acids is 1. The number of piperidine rings is 1. The standard InChI is InChI=1S/C26H29FN6O3/c1-12(2)33-10-18-19(11-33)24(18)36-26(34)32-20-7-14-6-15(21(27)22(28)17(14)9-30-20)16-8-31-25-23(13(16)3)29-4-5-35-25/h6-9,12,18-19,24,29H,4-5,10-11,28H2,1-3H3,(H,30,32,34)/t18-,19+,24+. The van der Waals surface area contributed by atoms with Gasteiger partial charge in [0, 0.05) is 66.4 Å². The predicted octanol–water partition coefficient (Wildman–Crippen LogP) is 4.02. The van der Waals surface area contributed by atoms with Gasteiger partial charge in [-0.05, 0) is 43.9 Å². The molecule has 2 aliphatic heterocycles. The summed E-state index contributed by atoms with van der Waals surface area (Å²) in [5.41, 5.74) is 8.65. The zero-order valence-electron chi connectivity index (χ0n) is 20.5. The zero-order chi connectivity index (χ0) is 25.1. The van der Waals surface area contributed by atoms with E-state index in [9.17, 15) is 4.79 Å². The van der Waals surface area contributed by atoms with Crippen molar-refractivity contribution in [3.8, 4) is 17.0 Å². The van der Waals surface area contributed by atoms with Crippen LogP contribution in [0.1, 0.15) is 19.4 Å². The number of amides is 1. The first kappa shape index (κ1) is 22.8. The van der Waals surface area contributed by atoms with Gasteiger partial charge in [0.15, 0.2) is 5.82 Å². The fourth-order valence-electron chi connectivity index (χ4n) is 5.41. The molecule has 188 valence electrons. The number of likely N-dealkylation sites (tertiary alicyclic amines) is 1. The number of pyridine rings is 2. The van der Waals surface area contributed by atoms with Crippen LogP contribution in [0.2, 0.25) is 0 Å². The van der Waals surface area contributed by atoms with Gasteiger partial charge in [0.1, 0.15) is 24.2 Å². The molecule has 3 aliphatic rings. The van der Waals surface area contributed by atoms with E-state index in [1.807, 2.05) is 6.92 Å². The lowest BCUT2D eigenvalue weighted by Crippen LogP contribution is -2.33. The Kier molecular flexibility index (Phi) is 5.36. The van der Waals surface area contributed by atoms with Crippen molar-refractivity contribution >= 4 is 34.1 Å². The molecule has 0 radical (unpaired) electrons. The first-order valence-electron chi connectivity index (χ1n) is 12.3. The lowest BCUT2D eigenvalue weighted by atomic mass is 9.97. The van der Waals surface area contributed by atoms with Gasteiger partial charge < -0.3 is 25.4 Å². The van der Waals surface area contributed by atoms with Crippen molar-refractivity contribution in [2.24, 2.45) is 11.8 Å². The summed E-state index contributed by atoms with van der Waals surface area (Å²) in [6, 6.07) is 3.87. The molecular weight excluding hydrogens is 463 g/mol. The van der Waals surface area contributed by atoms with Crippen molar-refractivity contribution in [3.05, 3.63) is 35.9 Å². The van der Waals surface area contributed by atoms with E-state index in [1.165, 1.54) is 6.20 Å². The second kappa shape index (κ2) is 8.48. The highest BCUT2D eigenvalue weighted by Gasteiger charge is 2.58. The summed E-state index contributed by atoms with van der Waals surface area (Å²) < 4.78 is 26.6. The molecule has 36 heavy (non-hydrogen) atoms. The van der Waals surface area contributed by atoms with E-state index in [0.717, 1.165) is 24.3 Å². The number of nitrogen functional groups attached to an aromatic ring is 1. The number of hydrogen-bond donors (Lipinski definition) is 3. The minimum Gasteiger partial charge on any atom is -0.474 e. The number of ether oxygens (including phenoxy) is 2. The molecule has 3 atom stereocenters. The third-order valence-electron chi connectivity index (χ3n) is 7.58. The molecular formula is C26H29FN6O3. The third-order valence-corrected chi connectivity index (χ3v) is 7.58. The van der Waals surface area contributed by atoms with Crippen LogP contribution in [0.4, 0.5) is 26.4 Å². The molecule has 10 heteroatoms. The highest BCUT2D eigenvalue weighted by Crippen LogP contribution is 2.48. The molecule has 1 saturated heterocycles. The van der Waals surface area contributed by atoms with Gasteiger partial charge in [-0.15, -0.1) is 0 Å². The Hall–Kier alpha value is -3.66.